The number of amides is 1. The number of aliphatic imine (C=N–C) groups is 1. The molecule has 1 atom stereocenters. The van der Waals surface area contributed by atoms with Crippen LogP contribution in [-0.4, -0.2) is 29.3 Å². The first kappa shape index (κ1) is 17.3. The van der Waals surface area contributed by atoms with Gasteiger partial charge >= 0.3 is 0 Å². The predicted molar refractivity (Wildman–Crippen MR) is 107 cm³/mol. The Hall–Kier alpha value is -3.14. The van der Waals surface area contributed by atoms with Gasteiger partial charge in [-0.25, -0.2) is 0 Å². The normalized spacial score (nSPS) is 20.6. The van der Waals surface area contributed by atoms with Gasteiger partial charge in [-0.05, 0) is 42.3 Å². The summed E-state index contributed by atoms with van der Waals surface area (Å²) >= 11 is 0. The molecule has 0 spiro atoms. The molecule has 2 aliphatic rings. The molecule has 1 unspecified atom stereocenters. The number of nitrogens with zero attached hydrogens (tertiary/aromatic N) is 2. The van der Waals surface area contributed by atoms with Gasteiger partial charge in [-0.2, -0.15) is 4.99 Å². The van der Waals surface area contributed by atoms with Crippen LogP contribution in [0.1, 0.15) is 16.7 Å². The van der Waals surface area contributed by atoms with Crippen molar-refractivity contribution in [2.45, 2.75) is 25.3 Å². The van der Waals surface area contributed by atoms with Crippen molar-refractivity contribution in [1.29, 1.82) is 0 Å². The molecule has 2 aromatic carbocycles. The molecule has 0 fully saturated rings. The molecule has 0 N–H and O–H groups in total. The van der Waals surface area contributed by atoms with Gasteiger partial charge in [0, 0.05) is 19.0 Å². The maximum Gasteiger partial charge on any atom is 0.274 e. The topological polar surface area (TPSA) is 41.9 Å². The summed E-state index contributed by atoms with van der Waals surface area (Å²) in [6, 6.07) is 16.3. The van der Waals surface area contributed by atoms with Crippen molar-refractivity contribution in [2.75, 3.05) is 7.11 Å². The van der Waals surface area contributed by atoms with Gasteiger partial charge < -0.3 is 9.64 Å². The number of rotatable bonds is 5. The second-order valence-corrected chi connectivity index (χ2v) is 7.06. The summed E-state index contributed by atoms with van der Waals surface area (Å²) in [7, 11) is 1.65. The Labute approximate surface area is 159 Å². The Bertz CT molecular complexity index is 939. The number of benzene rings is 2. The van der Waals surface area contributed by atoms with E-state index in [1.807, 2.05) is 53.6 Å². The zero-order valence-corrected chi connectivity index (χ0v) is 15.6. The van der Waals surface area contributed by atoms with Crippen LogP contribution in [0.5, 0.6) is 5.75 Å². The smallest absolute Gasteiger partial charge is 0.274 e. The molecule has 4 rings (SSSR count). The van der Waals surface area contributed by atoms with Crippen LogP contribution in [-0.2, 0) is 17.6 Å². The van der Waals surface area contributed by atoms with Crippen LogP contribution in [0.15, 0.2) is 78.0 Å². The van der Waals surface area contributed by atoms with E-state index in [1.54, 1.807) is 7.11 Å². The molecule has 136 valence electrons. The average Bonchev–Trinajstić information content (AvgIpc) is 2.96. The van der Waals surface area contributed by atoms with E-state index in [4.69, 9.17) is 4.74 Å². The standard InChI is InChI=1S/C23H22N2O2/c1-17-6-8-18(9-7-17)15-23(16-19-10-12-20(27-2)13-11-19)22(26)24-21-5-3-4-14-25(21)23/h3-14H,15-16H2,1-2H3. The van der Waals surface area contributed by atoms with Crippen molar-refractivity contribution in [2.24, 2.45) is 4.99 Å². The van der Waals surface area contributed by atoms with E-state index in [1.165, 1.54) is 5.56 Å². The van der Waals surface area contributed by atoms with E-state index in [0.717, 1.165) is 16.9 Å². The molecule has 0 aliphatic carbocycles. The van der Waals surface area contributed by atoms with E-state index >= 15 is 0 Å². The lowest BCUT2D eigenvalue weighted by Crippen LogP contribution is -2.52. The van der Waals surface area contributed by atoms with E-state index in [9.17, 15) is 4.79 Å². The summed E-state index contributed by atoms with van der Waals surface area (Å²) in [5.41, 5.74) is 2.66. The number of hydrogen-bond donors (Lipinski definition) is 0. The minimum atomic E-state index is -0.750. The number of hydrogen-bond acceptors (Lipinski definition) is 3. The van der Waals surface area contributed by atoms with E-state index in [-0.39, 0.29) is 5.91 Å². The van der Waals surface area contributed by atoms with Crippen LogP contribution in [0.3, 0.4) is 0 Å². The molecule has 2 heterocycles. The van der Waals surface area contributed by atoms with Crippen LogP contribution in [0.25, 0.3) is 0 Å². The third-order valence-electron chi connectivity index (χ3n) is 5.19. The second-order valence-electron chi connectivity index (χ2n) is 7.06. The molecule has 2 aliphatic heterocycles. The van der Waals surface area contributed by atoms with Gasteiger partial charge in [-0.15, -0.1) is 0 Å². The quantitative estimate of drug-likeness (QED) is 0.815. The third-order valence-corrected chi connectivity index (χ3v) is 5.19. The fourth-order valence-corrected chi connectivity index (χ4v) is 3.71. The summed E-state index contributed by atoms with van der Waals surface area (Å²) in [5.74, 6) is 1.43. The maximum absolute atomic E-state index is 13.1. The zero-order chi connectivity index (χ0) is 18.9. The van der Waals surface area contributed by atoms with Gasteiger partial charge in [0.05, 0.1) is 7.11 Å². The number of carbonyl (C=O) groups excluding carboxylic acids is 1. The molecular formula is C23H22N2O2. The fourth-order valence-electron chi connectivity index (χ4n) is 3.71. The zero-order valence-electron chi connectivity index (χ0n) is 15.6. The summed E-state index contributed by atoms with van der Waals surface area (Å²) in [5, 5.41) is 0. The minimum Gasteiger partial charge on any atom is -0.497 e. The molecule has 4 nitrogen and oxygen atoms in total. The molecule has 1 amide bonds. The Morgan fingerprint density at radius 2 is 1.59 bits per heavy atom. The molecule has 0 saturated heterocycles. The maximum atomic E-state index is 13.1. The number of ether oxygens (including phenoxy) is 1. The van der Waals surface area contributed by atoms with Crippen molar-refractivity contribution in [1.82, 2.24) is 4.90 Å². The summed E-state index contributed by atoms with van der Waals surface area (Å²) < 4.78 is 5.26. The molecule has 2 aromatic rings. The van der Waals surface area contributed by atoms with Gasteiger partial charge in [-0.3, -0.25) is 4.79 Å². The molecule has 0 bridgehead atoms. The Morgan fingerprint density at radius 3 is 2.22 bits per heavy atom. The van der Waals surface area contributed by atoms with Gasteiger partial charge in [0.25, 0.3) is 5.91 Å². The largest absolute Gasteiger partial charge is 0.497 e. The third kappa shape index (κ3) is 3.19. The van der Waals surface area contributed by atoms with Gasteiger partial charge in [0.1, 0.15) is 17.1 Å². The molecular weight excluding hydrogens is 336 g/mol. The van der Waals surface area contributed by atoms with Gasteiger partial charge in [0.15, 0.2) is 0 Å². The van der Waals surface area contributed by atoms with Crippen molar-refractivity contribution < 1.29 is 9.53 Å². The molecule has 27 heavy (non-hydrogen) atoms. The van der Waals surface area contributed by atoms with Crippen LogP contribution >= 0.6 is 0 Å². The molecule has 4 heteroatoms. The lowest BCUT2D eigenvalue weighted by Gasteiger charge is -2.37. The highest BCUT2D eigenvalue weighted by molar-refractivity contribution is 6.12. The Morgan fingerprint density at radius 1 is 0.963 bits per heavy atom. The van der Waals surface area contributed by atoms with Crippen molar-refractivity contribution in [3.8, 4) is 5.75 Å². The van der Waals surface area contributed by atoms with Crippen LogP contribution < -0.4 is 4.74 Å². The van der Waals surface area contributed by atoms with Gasteiger partial charge in [-0.1, -0.05) is 48.0 Å². The molecule has 0 aromatic heterocycles. The van der Waals surface area contributed by atoms with Crippen LogP contribution in [0.2, 0.25) is 0 Å². The lowest BCUT2D eigenvalue weighted by molar-refractivity contribution is -0.124. The van der Waals surface area contributed by atoms with Crippen molar-refractivity contribution >= 4 is 11.7 Å². The first-order chi connectivity index (χ1) is 13.1. The van der Waals surface area contributed by atoms with E-state index in [2.05, 4.69) is 36.2 Å². The number of aryl methyl sites for hydroxylation is 1. The second kappa shape index (κ2) is 6.88. The van der Waals surface area contributed by atoms with E-state index in [0.29, 0.717) is 18.7 Å². The van der Waals surface area contributed by atoms with Crippen LogP contribution in [0, 0.1) is 6.92 Å². The predicted octanol–water partition coefficient (Wildman–Crippen LogP) is 3.85. The first-order valence-corrected chi connectivity index (χ1v) is 9.06. The highest BCUT2D eigenvalue weighted by Crippen LogP contribution is 2.34. The van der Waals surface area contributed by atoms with Crippen LogP contribution in [0.4, 0.5) is 0 Å². The summed E-state index contributed by atoms with van der Waals surface area (Å²) in [4.78, 5) is 19.5. The number of fused-ring (bicyclic) bond motifs is 1. The number of carbonyl (C=O) groups is 1. The first-order valence-electron chi connectivity index (χ1n) is 9.06. The highest BCUT2D eigenvalue weighted by atomic mass is 16.5. The average molecular weight is 358 g/mol. The minimum absolute atomic E-state index is 0.0925. The monoisotopic (exact) mass is 358 g/mol. The van der Waals surface area contributed by atoms with Crippen molar-refractivity contribution in [3.05, 3.63) is 89.6 Å². The van der Waals surface area contributed by atoms with Crippen molar-refractivity contribution in [3.63, 3.8) is 0 Å². The van der Waals surface area contributed by atoms with Gasteiger partial charge in [0.2, 0.25) is 0 Å². The number of methoxy groups -OCH3 is 1. The molecule has 0 radical (unpaired) electrons. The lowest BCUT2D eigenvalue weighted by atomic mass is 9.82. The summed E-state index contributed by atoms with van der Waals surface area (Å²) in [6.07, 6.45) is 8.90. The number of amidine groups is 1. The Kier molecular flexibility index (Phi) is 4.40. The molecule has 0 saturated carbocycles. The Balaban J connectivity index is 1.72. The highest BCUT2D eigenvalue weighted by Gasteiger charge is 2.49. The summed E-state index contributed by atoms with van der Waals surface area (Å²) in [6.45, 7) is 2.07. The fraction of sp³-hybridized carbons (Fsp3) is 0.217. The SMILES string of the molecule is COc1ccc(CC2(Cc3ccc(C)cc3)C(=O)N=C3C=CC=CN32)cc1. The number of allylic oxidation sites excluding steroid dienone is 2. The van der Waals surface area contributed by atoms with E-state index < -0.39 is 5.54 Å².